The molecule has 2 fully saturated rings. The van der Waals surface area contributed by atoms with Gasteiger partial charge in [-0.05, 0) is 37.1 Å². The molecule has 1 aromatic carbocycles. The molecule has 90 valence electrons. The SMILES string of the molecule is O=Cc1ccc(N2CCN(C3CC3)CC2)cc1. The lowest BCUT2D eigenvalue weighted by Crippen LogP contribution is -2.47. The molecule has 0 amide bonds. The van der Waals surface area contributed by atoms with Gasteiger partial charge in [0.15, 0.2) is 0 Å². The van der Waals surface area contributed by atoms with Crippen LogP contribution in [0.5, 0.6) is 0 Å². The maximum atomic E-state index is 10.6. The summed E-state index contributed by atoms with van der Waals surface area (Å²) in [6, 6.07) is 8.78. The Bertz CT molecular complexity index is 389. The predicted molar refractivity (Wildman–Crippen MR) is 68.6 cm³/mol. The van der Waals surface area contributed by atoms with E-state index in [1.165, 1.54) is 31.6 Å². The number of carbonyl (C=O) groups is 1. The van der Waals surface area contributed by atoms with E-state index >= 15 is 0 Å². The highest BCUT2D eigenvalue weighted by Gasteiger charge is 2.31. The quantitative estimate of drug-likeness (QED) is 0.740. The molecule has 1 saturated carbocycles. The highest BCUT2D eigenvalue weighted by Crippen LogP contribution is 2.28. The summed E-state index contributed by atoms with van der Waals surface area (Å²) in [5.74, 6) is 0. The van der Waals surface area contributed by atoms with Crippen LogP contribution < -0.4 is 4.90 Å². The fourth-order valence-corrected chi connectivity index (χ4v) is 2.55. The van der Waals surface area contributed by atoms with Crippen molar-refractivity contribution in [2.24, 2.45) is 0 Å². The number of rotatable bonds is 3. The number of piperazine rings is 1. The smallest absolute Gasteiger partial charge is 0.150 e. The molecule has 3 nitrogen and oxygen atoms in total. The Labute approximate surface area is 102 Å². The van der Waals surface area contributed by atoms with Crippen LogP contribution >= 0.6 is 0 Å². The van der Waals surface area contributed by atoms with E-state index < -0.39 is 0 Å². The second kappa shape index (κ2) is 4.49. The van der Waals surface area contributed by atoms with E-state index in [0.717, 1.165) is 31.0 Å². The van der Waals surface area contributed by atoms with Crippen LogP contribution in [-0.4, -0.2) is 43.4 Å². The fraction of sp³-hybridized carbons (Fsp3) is 0.500. The molecule has 1 aliphatic heterocycles. The highest BCUT2D eigenvalue weighted by molar-refractivity contribution is 5.75. The second-order valence-electron chi connectivity index (χ2n) is 4.96. The van der Waals surface area contributed by atoms with E-state index in [0.29, 0.717) is 0 Å². The van der Waals surface area contributed by atoms with Gasteiger partial charge in [0.05, 0.1) is 0 Å². The number of benzene rings is 1. The minimum absolute atomic E-state index is 0.755. The number of aldehydes is 1. The number of hydrogen-bond acceptors (Lipinski definition) is 3. The normalized spacial score (nSPS) is 21.5. The Balaban J connectivity index is 1.62. The largest absolute Gasteiger partial charge is 0.369 e. The van der Waals surface area contributed by atoms with Crippen LogP contribution in [0, 0.1) is 0 Å². The standard InChI is InChI=1S/C14H18N2O/c17-11-12-1-3-13(4-2-12)15-7-9-16(10-8-15)14-5-6-14/h1-4,11,14H,5-10H2. The lowest BCUT2D eigenvalue weighted by atomic mass is 10.2. The van der Waals surface area contributed by atoms with E-state index in [4.69, 9.17) is 0 Å². The molecule has 3 rings (SSSR count). The van der Waals surface area contributed by atoms with Gasteiger partial charge < -0.3 is 4.90 Å². The number of anilines is 1. The summed E-state index contributed by atoms with van der Waals surface area (Å²) in [5.41, 5.74) is 2.00. The fourth-order valence-electron chi connectivity index (χ4n) is 2.55. The van der Waals surface area contributed by atoms with Gasteiger partial charge in [0.25, 0.3) is 0 Å². The average molecular weight is 230 g/mol. The van der Waals surface area contributed by atoms with Gasteiger partial charge in [-0.15, -0.1) is 0 Å². The first-order valence-electron chi connectivity index (χ1n) is 6.41. The Kier molecular flexibility index (Phi) is 2.85. The summed E-state index contributed by atoms with van der Waals surface area (Å²) < 4.78 is 0. The van der Waals surface area contributed by atoms with Crippen molar-refractivity contribution in [2.45, 2.75) is 18.9 Å². The Morgan fingerprint density at radius 2 is 1.65 bits per heavy atom. The zero-order valence-electron chi connectivity index (χ0n) is 10.0. The first-order valence-corrected chi connectivity index (χ1v) is 6.41. The van der Waals surface area contributed by atoms with Crippen molar-refractivity contribution in [2.75, 3.05) is 31.1 Å². The van der Waals surface area contributed by atoms with E-state index in [-0.39, 0.29) is 0 Å². The minimum atomic E-state index is 0.755. The van der Waals surface area contributed by atoms with Crippen LogP contribution in [0.4, 0.5) is 5.69 Å². The zero-order chi connectivity index (χ0) is 11.7. The van der Waals surface area contributed by atoms with E-state index in [1.54, 1.807) is 0 Å². The summed E-state index contributed by atoms with van der Waals surface area (Å²) in [6.07, 6.45) is 3.69. The first-order chi connectivity index (χ1) is 8.36. The third-order valence-corrected chi connectivity index (χ3v) is 3.77. The summed E-state index contributed by atoms with van der Waals surface area (Å²) >= 11 is 0. The van der Waals surface area contributed by atoms with Crippen LogP contribution in [-0.2, 0) is 0 Å². The van der Waals surface area contributed by atoms with Gasteiger partial charge in [-0.1, -0.05) is 0 Å². The minimum Gasteiger partial charge on any atom is -0.369 e. The van der Waals surface area contributed by atoms with E-state index in [1.807, 2.05) is 12.1 Å². The van der Waals surface area contributed by atoms with Crippen molar-refractivity contribution in [1.29, 1.82) is 0 Å². The van der Waals surface area contributed by atoms with Crippen LogP contribution in [0.3, 0.4) is 0 Å². The molecule has 3 heteroatoms. The van der Waals surface area contributed by atoms with Crippen LogP contribution in [0.15, 0.2) is 24.3 Å². The number of hydrogen-bond donors (Lipinski definition) is 0. The first kappa shape index (κ1) is 10.8. The summed E-state index contributed by atoms with van der Waals surface area (Å²) in [6.45, 7) is 4.58. The van der Waals surface area contributed by atoms with Crippen LogP contribution in [0.2, 0.25) is 0 Å². The molecule has 0 bridgehead atoms. The molecule has 0 radical (unpaired) electrons. The molecule has 0 aromatic heterocycles. The summed E-state index contributed by atoms with van der Waals surface area (Å²) in [5, 5.41) is 0. The molecular formula is C14H18N2O. The molecule has 1 aromatic rings. The van der Waals surface area contributed by atoms with Crippen LogP contribution in [0.25, 0.3) is 0 Å². The monoisotopic (exact) mass is 230 g/mol. The van der Waals surface area contributed by atoms with Crippen molar-refractivity contribution in [1.82, 2.24) is 4.90 Å². The molecule has 1 aliphatic carbocycles. The Morgan fingerprint density at radius 1 is 1.00 bits per heavy atom. The van der Waals surface area contributed by atoms with Gasteiger partial charge in [0.2, 0.25) is 0 Å². The lowest BCUT2D eigenvalue weighted by molar-refractivity contribution is 0.112. The molecule has 0 spiro atoms. The van der Waals surface area contributed by atoms with E-state index in [9.17, 15) is 4.79 Å². The third kappa shape index (κ3) is 2.34. The maximum absolute atomic E-state index is 10.6. The van der Waals surface area contributed by atoms with Gasteiger partial charge in [-0.3, -0.25) is 9.69 Å². The van der Waals surface area contributed by atoms with Gasteiger partial charge in [0, 0.05) is 43.5 Å². The van der Waals surface area contributed by atoms with Crippen molar-refractivity contribution in [3.63, 3.8) is 0 Å². The topological polar surface area (TPSA) is 23.6 Å². The number of nitrogens with zero attached hydrogens (tertiary/aromatic N) is 2. The van der Waals surface area contributed by atoms with Crippen molar-refractivity contribution in [3.8, 4) is 0 Å². The summed E-state index contributed by atoms with van der Waals surface area (Å²) in [7, 11) is 0. The molecule has 0 N–H and O–H groups in total. The zero-order valence-corrected chi connectivity index (χ0v) is 10.0. The Hall–Kier alpha value is -1.35. The van der Waals surface area contributed by atoms with Crippen molar-refractivity contribution >= 4 is 12.0 Å². The third-order valence-electron chi connectivity index (χ3n) is 3.77. The van der Waals surface area contributed by atoms with Crippen molar-refractivity contribution in [3.05, 3.63) is 29.8 Å². The Morgan fingerprint density at radius 3 is 2.18 bits per heavy atom. The maximum Gasteiger partial charge on any atom is 0.150 e. The molecule has 17 heavy (non-hydrogen) atoms. The van der Waals surface area contributed by atoms with Gasteiger partial charge >= 0.3 is 0 Å². The molecule has 1 saturated heterocycles. The molecule has 1 heterocycles. The lowest BCUT2D eigenvalue weighted by Gasteiger charge is -2.36. The molecule has 0 unspecified atom stereocenters. The molecule has 2 aliphatic rings. The number of carbonyl (C=O) groups excluding carboxylic acids is 1. The highest BCUT2D eigenvalue weighted by atomic mass is 16.1. The average Bonchev–Trinajstić information content (AvgIpc) is 3.24. The van der Waals surface area contributed by atoms with E-state index in [2.05, 4.69) is 21.9 Å². The molecular weight excluding hydrogens is 212 g/mol. The second-order valence-corrected chi connectivity index (χ2v) is 4.96. The van der Waals surface area contributed by atoms with Gasteiger partial charge in [0.1, 0.15) is 6.29 Å². The van der Waals surface area contributed by atoms with Crippen LogP contribution in [0.1, 0.15) is 23.2 Å². The van der Waals surface area contributed by atoms with Gasteiger partial charge in [-0.2, -0.15) is 0 Å². The van der Waals surface area contributed by atoms with Gasteiger partial charge in [-0.25, -0.2) is 0 Å². The summed E-state index contributed by atoms with van der Waals surface area (Å²) in [4.78, 5) is 15.6. The predicted octanol–water partition coefficient (Wildman–Crippen LogP) is 1.78. The van der Waals surface area contributed by atoms with Crippen molar-refractivity contribution < 1.29 is 4.79 Å². The molecule has 0 atom stereocenters.